The minimum absolute atomic E-state index is 0.806. The SMILES string of the molecule is CN(N)Cc1ccccc1.O=P(O)(O)O. The molecular formula is C8H15N2O4P. The van der Waals surface area contributed by atoms with Crippen LogP contribution in [0.25, 0.3) is 0 Å². The van der Waals surface area contributed by atoms with Crippen molar-refractivity contribution < 1.29 is 19.2 Å². The maximum atomic E-state index is 8.88. The summed E-state index contributed by atoms with van der Waals surface area (Å²) in [6, 6.07) is 10.1. The average molecular weight is 234 g/mol. The summed E-state index contributed by atoms with van der Waals surface area (Å²) in [7, 11) is -2.78. The number of hydrogen-bond acceptors (Lipinski definition) is 3. The van der Waals surface area contributed by atoms with E-state index in [4.69, 9.17) is 25.1 Å². The van der Waals surface area contributed by atoms with Crippen LogP contribution in [0.1, 0.15) is 5.56 Å². The van der Waals surface area contributed by atoms with E-state index in [1.165, 1.54) is 5.56 Å². The molecule has 0 saturated carbocycles. The third-order valence-corrected chi connectivity index (χ3v) is 1.27. The summed E-state index contributed by atoms with van der Waals surface area (Å²) in [5.74, 6) is 5.46. The van der Waals surface area contributed by atoms with Crippen LogP contribution in [0, 0.1) is 0 Å². The zero-order valence-electron chi connectivity index (χ0n) is 8.32. The van der Waals surface area contributed by atoms with E-state index < -0.39 is 7.82 Å². The van der Waals surface area contributed by atoms with Gasteiger partial charge in [0, 0.05) is 13.6 Å². The summed E-state index contributed by atoms with van der Waals surface area (Å²) in [5.41, 5.74) is 1.24. The zero-order valence-corrected chi connectivity index (χ0v) is 9.21. The number of phosphoric acid groups is 1. The van der Waals surface area contributed by atoms with Gasteiger partial charge in [-0.1, -0.05) is 30.3 Å². The molecule has 0 saturated heterocycles. The van der Waals surface area contributed by atoms with Gasteiger partial charge >= 0.3 is 7.82 Å². The van der Waals surface area contributed by atoms with Crippen molar-refractivity contribution in [3.63, 3.8) is 0 Å². The van der Waals surface area contributed by atoms with Gasteiger partial charge in [-0.05, 0) is 5.56 Å². The predicted molar refractivity (Wildman–Crippen MR) is 56.4 cm³/mol. The summed E-state index contributed by atoms with van der Waals surface area (Å²) >= 11 is 0. The molecule has 0 radical (unpaired) electrons. The van der Waals surface area contributed by atoms with Crippen LogP contribution >= 0.6 is 7.82 Å². The molecule has 0 aliphatic rings. The molecule has 1 aromatic carbocycles. The van der Waals surface area contributed by atoms with E-state index in [0.29, 0.717) is 0 Å². The molecule has 7 heteroatoms. The van der Waals surface area contributed by atoms with Crippen LogP contribution in [0.3, 0.4) is 0 Å². The van der Waals surface area contributed by atoms with Gasteiger partial charge in [-0.2, -0.15) is 0 Å². The quantitative estimate of drug-likeness (QED) is 0.327. The molecule has 1 rings (SSSR count). The third kappa shape index (κ3) is 13.2. The Morgan fingerprint density at radius 1 is 1.27 bits per heavy atom. The van der Waals surface area contributed by atoms with Gasteiger partial charge in [-0.3, -0.25) is 5.84 Å². The molecule has 5 N–H and O–H groups in total. The first-order chi connectivity index (χ1) is 6.79. The zero-order chi connectivity index (χ0) is 11.9. The smallest absolute Gasteiger partial charge is 0.303 e. The Hall–Kier alpha value is -0.750. The first-order valence-corrected chi connectivity index (χ1v) is 5.63. The van der Waals surface area contributed by atoms with Crippen LogP contribution < -0.4 is 5.84 Å². The fraction of sp³-hybridized carbons (Fsp3) is 0.250. The number of hydrogen-bond donors (Lipinski definition) is 4. The van der Waals surface area contributed by atoms with Crippen LogP contribution in [0.15, 0.2) is 30.3 Å². The average Bonchev–Trinajstić information content (AvgIpc) is 2.01. The van der Waals surface area contributed by atoms with Crippen molar-refractivity contribution in [2.45, 2.75) is 6.54 Å². The molecule has 0 aliphatic carbocycles. The summed E-state index contributed by atoms with van der Waals surface area (Å²) in [4.78, 5) is 21.6. The van der Waals surface area contributed by atoms with Gasteiger partial charge in [0.2, 0.25) is 0 Å². The molecule has 0 aromatic heterocycles. The number of nitrogens with two attached hydrogens (primary N) is 1. The fourth-order valence-corrected chi connectivity index (χ4v) is 0.871. The second kappa shape index (κ2) is 6.68. The summed E-state index contributed by atoms with van der Waals surface area (Å²) in [6.45, 7) is 0.806. The van der Waals surface area contributed by atoms with Crippen molar-refractivity contribution in [1.82, 2.24) is 5.01 Å². The Labute approximate surface area is 88.2 Å². The van der Waals surface area contributed by atoms with Gasteiger partial charge in [0.05, 0.1) is 0 Å². The Morgan fingerprint density at radius 2 is 1.67 bits per heavy atom. The number of nitrogens with zero attached hydrogens (tertiary/aromatic N) is 1. The van der Waals surface area contributed by atoms with E-state index in [2.05, 4.69) is 12.1 Å². The highest BCUT2D eigenvalue weighted by Crippen LogP contribution is 2.25. The molecule has 0 heterocycles. The highest BCUT2D eigenvalue weighted by molar-refractivity contribution is 7.45. The van der Waals surface area contributed by atoms with E-state index in [1.54, 1.807) is 5.01 Å². The molecular weight excluding hydrogens is 219 g/mol. The molecule has 0 unspecified atom stereocenters. The van der Waals surface area contributed by atoms with Crippen molar-refractivity contribution in [3.8, 4) is 0 Å². The highest BCUT2D eigenvalue weighted by Gasteiger charge is 2.00. The van der Waals surface area contributed by atoms with Crippen LogP contribution in [0.2, 0.25) is 0 Å². The van der Waals surface area contributed by atoms with Gasteiger partial charge in [0.15, 0.2) is 0 Å². The molecule has 6 nitrogen and oxygen atoms in total. The topological polar surface area (TPSA) is 107 Å². The summed E-state index contributed by atoms with van der Waals surface area (Å²) in [6.07, 6.45) is 0. The van der Waals surface area contributed by atoms with Crippen molar-refractivity contribution in [3.05, 3.63) is 35.9 Å². The van der Waals surface area contributed by atoms with E-state index in [1.807, 2.05) is 25.2 Å². The van der Waals surface area contributed by atoms with Gasteiger partial charge in [-0.15, -0.1) is 0 Å². The lowest BCUT2D eigenvalue weighted by atomic mass is 10.2. The van der Waals surface area contributed by atoms with Gasteiger partial charge in [0.25, 0.3) is 0 Å². The molecule has 1 aromatic rings. The molecule has 0 atom stereocenters. The summed E-state index contributed by atoms with van der Waals surface area (Å²) in [5, 5.41) is 1.66. The number of benzene rings is 1. The second-order valence-electron chi connectivity index (χ2n) is 2.91. The lowest BCUT2D eigenvalue weighted by Gasteiger charge is -2.07. The van der Waals surface area contributed by atoms with E-state index in [-0.39, 0.29) is 0 Å². The van der Waals surface area contributed by atoms with Gasteiger partial charge in [0.1, 0.15) is 0 Å². The lowest BCUT2D eigenvalue weighted by Crippen LogP contribution is -2.24. The van der Waals surface area contributed by atoms with Crippen LogP contribution in [-0.2, 0) is 11.1 Å². The third-order valence-electron chi connectivity index (χ3n) is 1.27. The molecule has 0 fully saturated rings. The molecule has 0 spiro atoms. The maximum absolute atomic E-state index is 8.88. The first kappa shape index (κ1) is 14.2. The van der Waals surface area contributed by atoms with E-state index in [0.717, 1.165) is 6.54 Å². The van der Waals surface area contributed by atoms with Gasteiger partial charge < -0.3 is 14.7 Å². The van der Waals surface area contributed by atoms with Gasteiger partial charge in [-0.25, -0.2) is 9.57 Å². The van der Waals surface area contributed by atoms with Crippen LogP contribution in [0.4, 0.5) is 0 Å². The molecule has 0 amide bonds. The summed E-state index contributed by atoms with van der Waals surface area (Å²) < 4.78 is 8.88. The van der Waals surface area contributed by atoms with E-state index in [9.17, 15) is 0 Å². The van der Waals surface area contributed by atoms with Crippen molar-refractivity contribution in [2.24, 2.45) is 5.84 Å². The molecule has 15 heavy (non-hydrogen) atoms. The normalized spacial score (nSPS) is 10.8. The lowest BCUT2D eigenvalue weighted by molar-refractivity contribution is 0.275. The van der Waals surface area contributed by atoms with Crippen molar-refractivity contribution in [1.29, 1.82) is 0 Å². The second-order valence-corrected chi connectivity index (χ2v) is 3.94. The molecule has 0 aliphatic heterocycles. The standard InChI is InChI=1S/C8H12N2.H3O4P/c1-10(9)7-8-5-3-2-4-6-8;1-5(2,3)4/h2-6H,7,9H2,1H3;(H3,1,2,3,4). The largest absolute Gasteiger partial charge is 0.466 e. The Kier molecular flexibility index (Phi) is 6.35. The van der Waals surface area contributed by atoms with Crippen molar-refractivity contribution >= 4 is 7.82 Å². The Bertz CT molecular complexity index is 303. The number of hydrazine groups is 1. The molecule has 86 valence electrons. The fourth-order valence-electron chi connectivity index (χ4n) is 0.871. The van der Waals surface area contributed by atoms with Crippen LogP contribution in [-0.4, -0.2) is 26.7 Å². The Balaban J connectivity index is 0.000000336. The monoisotopic (exact) mass is 234 g/mol. The first-order valence-electron chi connectivity index (χ1n) is 4.07. The minimum Gasteiger partial charge on any atom is -0.303 e. The number of rotatable bonds is 2. The van der Waals surface area contributed by atoms with E-state index >= 15 is 0 Å². The molecule has 0 bridgehead atoms. The van der Waals surface area contributed by atoms with Crippen molar-refractivity contribution in [2.75, 3.05) is 7.05 Å². The van der Waals surface area contributed by atoms with Crippen LogP contribution in [0.5, 0.6) is 0 Å². The highest BCUT2D eigenvalue weighted by atomic mass is 31.2. The minimum atomic E-state index is -4.64. The predicted octanol–water partition coefficient (Wildman–Crippen LogP) is 0.0635. The maximum Gasteiger partial charge on any atom is 0.466 e. The Morgan fingerprint density at radius 3 is 2.00 bits per heavy atom.